The maximum absolute atomic E-state index is 12.2. The Morgan fingerprint density at radius 3 is 2.75 bits per heavy atom. The molecule has 1 N–H and O–H groups in total. The lowest BCUT2D eigenvalue weighted by Crippen LogP contribution is -2.74. The van der Waals surface area contributed by atoms with Crippen molar-refractivity contribution in [1.29, 1.82) is 0 Å². The molecule has 2 aliphatic heterocycles. The third kappa shape index (κ3) is 1.96. The third-order valence-electron chi connectivity index (χ3n) is 4.78. The lowest BCUT2D eigenvalue weighted by Gasteiger charge is -2.52. The molecule has 0 bridgehead atoms. The summed E-state index contributed by atoms with van der Waals surface area (Å²) in [4.78, 5) is 24.3. The molecule has 4 atom stereocenters. The first kappa shape index (κ1) is 15.4. The number of halogens is 1. The van der Waals surface area contributed by atoms with Gasteiger partial charge in [0.15, 0.2) is 11.1 Å². The van der Waals surface area contributed by atoms with E-state index in [4.69, 9.17) is 16.3 Å². The van der Waals surface area contributed by atoms with Crippen LogP contribution in [0.2, 0.25) is 0 Å². The number of allylic oxidation sites excluding steroid dienone is 1. The molecular formula is C15H22ClNO3. The number of carbonyl (C=O) groups excluding carboxylic acids is 2. The number of esters is 1. The molecule has 0 aromatic rings. The van der Waals surface area contributed by atoms with Crippen molar-refractivity contribution in [2.24, 2.45) is 11.8 Å². The molecule has 3 unspecified atom stereocenters. The van der Waals surface area contributed by atoms with E-state index < -0.39 is 11.1 Å². The minimum Gasteiger partial charge on any atom is -0.453 e. The van der Waals surface area contributed by atoms with Gasteiger partial charge in [-0.25, -0.2) is 4.79 Å². The van der Waals surface area contributed by atoms with E-state index in [1.54, 1.807) is 0 Å². The zero-order valence-electron chi connectivity index (χ0n) is 12.1. The Morgan fingerprint density at radius 2 is 2.25 bits per heavy atom. The van der Waals surface area contributed by atoms with Crippen molar-refractivity contribution in [3.63, 3.8) is 0 Å². The summed E-state index contributed by atoms with van der Waals surface area (Å²) in [5.74, 6) is -0.236. The zero-order valence-corrected chi connectivity index (χ0v) is 12.8. The summed E-state index contributed by atoms with van der Waals surface area (Å²) in [7, 11) is 0. The van der Waals surface area contributed by atoms with Crippen molar-refractivity contribution in [2.45, 2.75) is 50.7 Å². The number of fused-ring (bicyclic) bond motifs is 1. The van der Waals surface area contributed by atoms with Crippen molar-refractivity contribution in [3.8, 4) is 0 Å². The first-order valence-electron chi connectivity index (χ1n) is 7.19. The monoisotopic (exact) mass is 299 g/mol. The van der Waals surface area contributed by atoms with Crippen LogP contribution in [-0.2, 0) is 14.3 Å². The van der Waals surface area contributed by atoms with Gasteiger partial charge in [-0.15, -0.1) is 18.2 Å². The van der Waals surface area contributed by atoms with Crippen LogP contribution in [0.1, 0.15) is 39.5 Å². The summed E-state index contributed by atoms with van der Waals surface area (Å²) in [5, 5.41) is 2.90. The molecule has 0 saturated carbocycles. The molecule has 0 aliphatic carbocycles. The molecule has 0 aromatic carbocycles. The molecule has 0 radical (unpaired) electrons. The lowest BCUT2D eigenvalue weighted by atomic mass is 9.67. The van der Waals surface area contributed by atoms with Gasteiger partial charge in [-0.05, 0) is 32.1 Å². The molecular weight excluding hydrogens is 278 g/mol. The summed E-state index contributed by atoms with van der Waals surface area (Å²) in [6.45, 7) is 7.77. The number of rotatable bonds is 7. The first-order chi connectivity index (χ1) is 9.45. The molecule has 2 aliphatic rings. The Hall–Kier alpha value is -1.03. The highest BCUT2D eigenvalue weighted by Gasteiger charge is 2.75. The normalized spacial score (nSPS) is 36.6. The fraction of sp³-hybridized carbons (Fsp3) is 0.733. The second kappa shape index (κ2) is 5.40. The van der Waals surface area contributed by atoms with Gasteiger partial charge in [0.25, 0.3) is 0 Å². The van der Waals surface area contributed by atoms with Gasteiger partial charge in [-0.3, -0.25) is 4.79 Å². The van der Waals surface area contributed by atoms with Crippen LogP contribution in [-0.4, -0.2) is 28.9 Å². The maximum Gasteiger partial charge on any atom is 0.336 e. The average Bonchev–Trinajstić information content (AvgIpc) is 2.57. The average molecular weight is 300 g/mol. The van der Waals surface area contributed by atoms with E-state index in [9.17, 15) is 9.59 Å². The largest absolute Gasteiger partial charge is 0.453 e. The highest BCUT2D eigenvalue weighted by molar-refractivity contribution is 6.18. The Morgan fingerprint density at radius 1 is 1.55 bits per heavy atom. The number of hydrogen-bond acceptors (Lipinski definition) is 3. The molecule has 1 amide bonds. The predicted molar refractivity (Wildman–Crippen MR) is 77.4 cm³/mol. The highest BCUT2D eigenvalue weighted by atomic mass is 35.5. The number of nitrogens with one attached hydrogen (secondary N) is 1. The number of ether oxygens (including phenoxy) is 1. The van der Waals surface area contributed by atoms with Gasteiger partial charge in [0, 0.05) is 5.88 Å². The van der Waals surface area contributed by atoms with Gasteiger partial charge in [0.2, 0.25) is 5.91 Å². The minimum absolute atomic E-state index is 0.127. The summed E-state index contributed by atoms with van der Waals surface area (Å²) in [6.07, 6.45) is 4.91. The van der Waals surface area contributed by atoms with Gasteiger partial charge < -0.3 is 10.1 Å². The van der Waals surface area contributed by atoms with Crippen LogP contribution in [0, 0.1) is 11.8 Å². The molecule has 2 rings (SSSR count). The van der Waals surface area contributed by atoms with Crippen LogP contribution in [0.3, 0.4) is 0 Å². The number of carbonyl (C=O) groups is 2. The van der Waals surface area contributed by atoms with Crippen molar-refractivity contribution >= 4 is 23.5 Å². The van der Waals surface area contributed by atoms with E-state index in [0.717, 1.165) is 12.8 Å². The molecule has 4 nitrogen and oxygen atoms in total. The molecule has 2 fully saturated rings. The van der Waals surface area contributed by atoms with E-state index in [1.807, 2.05) is 13.0 Å². The Kier molecular flexibility index (Phi) is 4.14. The van der Waals surface area contributed by atoms with Crippen LogP contribution < -0.4 is 5.32 Å². The summed E-state index contributed by atoms with van der Waals surface area (Å²) >= 11 is 5.77. The molecule has 2 saturated heterocycles. The van der Waals surface area contributed by atoms with Crippen LogP contribution >= 0.6 is 11.6 Å². The SMILES string of the molecule is C=CC(CCC)CC12NC(=O)[C@H](CCCl)C1(C)OC2=O. The Balaban J connectivity index is 2.26. The smallest absolute Gasteiger partial charge is 0.336 e. The second-order valence-corrected chi connectivity index (χ2v) is 6.29. The van der Waals surface area contributed by atoms with Crippen LogP contribution in [0.4, 0.5) is 0 Å². The Labute approximate surface area is 124 Å². The molecule has 0 aromatic heterocycles. The van der Waals surface area contributed by atoms with Gasteiger partial charge in [-0.2, -0.15) is 0 Å². The van der Waals surface area contributed by atoms with Crippen molar-refractivity contribution < 1.29 is 14.3 Å². The van der Waals surface area contributed by atoms with Crippen LogP contribution in [0.25, 0.3) is 0 Å². The van der Waals surface area contributed by atoms with Gasteiger partial charge in [0.1, 0.15) is 0 Å². The molecule has 2 heterocycles. The quantitative estimate of drug-likeness (QED) is 0.446. The minimum atomic E-state index is -0.894. The molecule has 112 valence electrons. The maximum atomic E-state index is 12.2. The lowest BCUT2D eigenvalue weighted by molar-refractivity contribution is -0.222. The van der Waals surface area contributed by atoms with E-state index in [1.165, 1.54) is 0 Å². The first-order valence-corrected chi connectivity index (χ1v) is 7.72. The van der Waals surface area contributed by atoms with E-state index in [0.29, 0.717) is 18.7 Å². The van der Waals surface area contributed by atoms with Gasteiger partial charge in [-0.1, -0.05) is 19.4 Å². The molecule has 0 spiro atoms. The van der Waals surface area contributed by atoms with Crippen LogP contribution in [0.5, 0.6) is 0 Å². The predicted octanol–water partition coefficient (Wildman–Crippen LogP) is 2.41. The fourth-order valence-electron chi connectivity index (χ4n) is 3.53. The second-order valence-electron chi connectivity index (χ2n) is 5.91. The molecule has 20 heavy (non-hydrogen) atoms. The van der Waals surface area contributed by atoms with Crippen molar-refractivity contribution in [2.75, 3.05) is 5.88 Å². The standard InChI is InChI=1S/C15H22ClNO3/c1-4-6-10(5-2)9-15-13(19)20-14(15,3)11(7-8-16)12(18)17-15/h5,10-11H,2,4,6-9H2,1,3H3,(H,17,18)/t10?,11-,14?,15?/m0/s1. The third-order valence-corrected chi connectivity index (χ3v) is 5.00. The summed E-state index contributed by atoms with van der Waals surface area (Å²) in [6, 6.07) is 0. The highest BCUT2D eigenvalue weighted by Crippen LogP contribution is 2.53. The summed E-state index contributed by atoms with van der Waals surface area (Å²) in [5.41, 5.74) is -1.67. The van der Waals surface area contributed by atoms with Crippen molar-refractivity contribution in [3.05, 3.63) is 12.7 Å². The number of hydrogen-bond donors (Lipinski definition) is 1. The number of alkyl halides is 1. The topological polar surface area (TPSA) is 55.4 Å². The number of amides is 1. The zero-order chi connectivity index (χ0) is 15.0. The fourth-order valence-corrected chi connectivity index (χ4v) is 3.75. The van der Waals surface area contributed by atoms with Crippen molar-refractivity contribution in [1.82, 2.24) is 5.32 Å². The van der Waals surface area contributed by atoms with Crippen LogP contribution in [0.15, 0.2) is 12.7 Å². The van der Waals surface area contributed by atoms with E-state index >= 15 is 0 Å². The molecule has 5 heteroatoms. The van der Waals surface area contributed by atoms with E-state index in [2.05, 4.69) is 18.8 Å². The summed E-state index contributed by atoms with van der Waals surface area (Å²) < 4.78 is 5.40. The van der Waals surface area contributed by atoms with Gasteiger partial charge in [0.05, 0.1) is 5.92 Å². The van der Waals surface area contributed by atoms with Gasteiger partial charge >= 0.3 is 5.97 Å². The van der Waals surface area contributed by atoms with E-state index in [-0.39, 0.29) is 23.7 Å². The Bertz CT molecular complexity index is 439.